The largest absolute Gasteiger partial charge is 0.478 e. The molecule has 0 saturated carbocycles. The Kier molecular flexibility index (Phi) is 6.12. The van der Waals surface area contributed by atoms with Gasteiger partial charge in [0.05, 0.1) is 16.8 Å². The first kappa shape index (κ1) is 21.1. The Balaban J connectivity index is 1.85. The molecule has 29 heavy (non-hydrogen) atoms. The molecule has 1 aliphatic heterocycles. The molecule has 0 bridgehead atoms. The summed E-state index contributed by atoms with van der Waals surface area (Å²) >= 11 is 0. The molecule has 156 valence electrons. The molecule has 2 N–H and O–H groups in total. The van der Waals surface area contributed by atoms with Crippen LogP contribution < -0.4 is 9.62 Å². The van der Waals surface area contributed by atoms with Crippen LogP contribution in [0.2, 0.25) is 0 Å². The number of rotatable bonds is 6. The number of sulfonamides is 1. The Morgan fingerprint density at radius 1 is 1.21 bits per heavy atom. The lowest BCUT2D eigenvalue weighted by molar-refractivity contribution is 0.0697. The number of hydrogen-bond acceptors (Lipinski definition) is 5. The van der Waals surface area contributed by atoms with Crippen LogP contribution >= 0.6 is 0 Å². The van der Waals surface area contributed by atoms with Crippen LogP contribution in [-0.4, -0.2) is 37.6 Å². The molecule has 0 aliphatic carbocycles. The number of benzene rings is 1. The first-order valence-corrected chi connectivity index (χ1v) is 11.3. The smallest absolute Gasteiger partial charge is 0.339 e. The maximum Gasteiger partial charge on any atom is 0.339 e. The Bertz CT molecular complexity index is 979. The predicted octanol–water partition coefficient (Wildman–Crippen LogP) is 3.94. The summed E-state index contributed by atoms with van der Waals surface area (Å²) in [6.07, 6.45) is 3.32. The zero-order chi connectivity index (χ0) is 21.2. The fourth-order valence-corrected chi connectivity index (χ4v) is 4.42. The molecule has 1 aromatic carbocycles. The molecule has 1 saturated heterocycles. The van der Waals surface area contributed by atoms with Gasteiger partial charge in [-0.25, -0.2) is 18.2 Å². The van der Waals surface area contributed by atoms with Crippen LogP contribution in [0.25, 0.3) is 0 Å². The van der Waals surface area contributed by atoms with Crippen LogP contribution in [0.5, 0.6) is 0 Å². The minimum Gasteiger partial charge on any atom is -0.478 e. The van der Waals surface area contributed by atoms with Gasteiger partial charge in [0.1, 0.15) is 11.4 Å². The molecular formula is C21H27N3O4S. The summed E-state index contributed by atoms with van der Waals surface area (Å²) < 4.78 is 27.8. The second kappa shape index (κ2) is 8.41. The molecule has 8 heteroatoms. The molecule has 1 aromatic heterocycles. The van der Waals surface area contributed by atoms with E-state index in [9.17, 15) is 18.3 Å². The van der Waals surface area contributed by atoms with Crippen molar-refractivity contribution in [2.24, 2.45) is 5.92 Å². The van der Waals surface area contributed by atoms with Gasteiger partial charge in [0.15, 0.2) is 0 Å². The van der Waals surface area contributed by atoms with E-state index in [-0.39, 0.29) is 16.1 Å². The standard InChI is InChI=1S/C21H27N3O4S/c1-14(2)16-4-6-18(7-5-16)29(27,28)23-17-12-19(21(25)26)20(22-13-17)24-10-8-15(3)9-11-24/h4-7,12-15,23H,8-11H2,1-3H3,(H,25,26). The number of nitrogens with one attached hydrogen (secondary N) is 1. The number of anilines is 2. The van der Waals surface area contributed by atoms with E-state index in [2.05, 4.69) is 16.6 Å². The highest BCUT2D eigenvalue weighted by molar-refractivity contribution is 7.92. The quantitative estimate of drug-likeness (QED) is 0.738. The summed E-state index contributed by atoms with van der Waals surface area (Å²) in [6, 6.07) is 7.99. The lowest BCUT2D eigenvalue weighted by Crippen LogP contribution is -2.34. The van der Waals surface area contributed by atoms with Crippen LogP contribution in [-0.2, 0) is 10.0 Å². The van der Waals surface area contributed by atoms with Gasteiger partial charge in [-0.2, -0.15) is 0 Å². The van der Waals surface area contributed by atoms with E-state index < -0.39 is 16.0 Å². The van der Waals surface area contributed by atoms with E-state index in [1.54, 1.807) is 24.3 Å². The third kappa shape index (κ3) is 4.87. The van der Waals surface area contributed by atoms with Crippen molar-refractivity contribution >= 4 is 27.5 Å². The molecule has 0 amide bonds. The fraction of sp³-hybridized carbons (Fsp3) is 0.429. The summed E-state index contributed by atoms with van der Waals surface area (Å²) in [6.45, 7) is 7.72. The zero-order valence-electron chi connectivity index (χ0n) is 16.9. The predicted molar refractivity (Wildman–Crippen MR) is 113 cm³/mol. The molecule has 0 spiro atoms. The van der Waals surface area contributed by atoms with E-state index in [1.807, 2.05) is 18.7 Å². The fourth-order valence-electron chi connectivity index (χ4n) is 3.39. The monoisotopic (exact) mass is 417 g/mol. The minimum atomic E-state index is -3.84. The van der Waals surface area contributed by atoms with Crippen molar-refractivity contribution in [2.45, 2.75) is 44.4 Å². The Hall–Kier alpha value is -2.61. The van der Waals surface area contributed by atoms with Gasteiger partial charge >= 0.3 is 5.97 Å². The third-order valence-corrected chi connectivity index (χ3v) is 6.69. The van der Waals surface area contributed by atoms with Crippen molar-refractivity contribution in [1.29, 1.82) is 0 Å². The highest BCUT2D eigenvalue weighted by atomic mass is 32.2. The zero-order valence-corrected chi connectivity index (χ0v) is 17.7. The van der Waals surface area contributed by atoms with Gasteiger partial charge in [-0.05, 0) is 48.4 Å². The Morgan fingerprint density at radius 3 is 2.38 bits per heavy atom. The second-order valence-electron chi connectivity index (χ2n) is 7.90. The Labute approximate surface area is 171 Å². The lowest BCUT2D eigenvalue weighted by Gasteiger charge is -2.32. The second-order valence-corrected chi connectivity index (χ2v) is 9.58. The van der Waals surface area contributed by atoms with Crippen molar-refractivity contribution in [3.63, 3.8) is 0 Å². The SMILES string of the molecule is CC1CCN(c2ncc(NS(=O)(=O)c3ccc(C(C)C)cc3)cc2C(=O)O)CC1. The van der Waals surface area contributed by atoms with Gasteiger partial charge < -0.3 is 10.0 Å². The summed E-state index contributed by atoms with van der Waals surface area (Å²) in [5.74, 6) is 0.155. The van der Waals surface area contributed by atoms with Crippen molar-refractivity contribution in [1.82, 2.24) is 4.98 Å². The van der Waals surface area contributed by atoms with Gasteiger partial charge in [0.2, 0.25) is 0 Å². The number of hydrogen-bond donors (Lipinski definition) is 2. The van der Waals surface area contributed by atoms with Crippen molar-refractivity contribution in [3.05, 3.63) is 47.7 Å². The number of carboxylic acid groups (broad SMARTS) is 1. The van der Waals surface area contributed by atoms with E-state index in [4.69, 9.17) is 0 Å². The van der Waals surface area contributed by atoms with Crippen LogP contribution in [0.3, 0.4) is 0 Å². The van der Waals surface area contributed by atoms with Gasteiger partial charge in [0.25, 0.3) is 10.0 Å². The number of aromatic nitrogens is 1. The number of aromatic carboxylic acids is 1. The topological polar surface area (TPSA) is 99.6 Å². The van der Waals surface area contributed by atoms with Gasteiger partial charge in [-0.1, -0.05) is 32.9 Å². The maximum atomic E-state index is 12.7. The maximum absolute atomic E-state index is 12.7. The Morgan fingerprint density at radius 2 is 1.83 bits per heavy atom. The molecule has 7 nitrogen and oxygen atoms in total. The van der Waals surface area contributed by atoms with Gasteiger partial charge in [-0.3, -0.25) is 4.72 Å². The molecule has 2 aromatic rings. The summed E-state index contributed by atoms with van der Waals surface area (Å²) in [4.78, 5) is 18.1. The molecule has 0 unspecified atom stereocenters. The molecular weight excluding hydrogens is 390 g/mol. The van der Waals surface area contributed by atoms with Crippen LogP contribution in [0.4, 0.5) is 11.5 Å². The highest BCUT2D eigenvalue weighted by Crippen LogP contribution is 2.27. The summed E-state index contributed by atoms with van der Waals surface area (Å²) in [5, 5.41) is 9.63. The van der Waals surface area contributed by atoms with Crippen LogP contribution in [0.15, 0.2) is 41.4 Å². The normalized spacial score (nSPS) is 15.5. The first-order chi connectivity index (χ1) is 13.7. The van der Waals surface area contributed by atoms with Crippen molar-refractivity contribution in [3.8, 4) is 0 Å². The molecule has 1 aliphatic rings. The molecule has 1 fully saturated rings. The average Bonchev–Trinajstić information content (AvgIpc) is 2.68. The minimum absolute atomic E-state index is 0.00471. The number of nitrogens with zero attached hydrogens (tertiary/aromatic N) is 2. The molecule has 2 heterocycles. The molecule has 3 rings (SSSR count). The first-order valence-electron chi connectivity index (χ1n) is 9.78. The van der Waals surface area contributed by atoms with E-state index in [1.165, 1.54) is 12.3 Å². The molecule has 0 radical (unpaired) electrons. The lowest BCUT2D eigenvalue weighted by atomic mass is 9.99. The number of carbonyl (C=O) groups is 1. The number of piperidine rings is 1. The van der Waals surface area contributed by atoms with Crippen LogP contribution in [0.1, 0.15) is 55.5 Å². The number of pyridine rings is 1. The van der Waals surface area contributed by atoms with Crippen molar-refractivity contribution in [2.75, 3.05) is 22.7 Å². The third-order valence-electron chi connectivity index (χ3n) is 5.29. The van der Waals surface area contributed by atoms with Crippen LogP contribution in [0, 0.1) is 5.92 Å². The van der Waals surface area contributed by atoms with E-state index in [0.29, 0.717) is 17.7 Å². The summed E-state index contributed by atoms with van der Waals surface area (Å²) in [5.41, 5.74) is 1.17. The van der Waals surface area contributed by atoms with E-state index >= 15 is 0 Å². The van der Waals surface area contributed by atoms with E-state index in [0.717, 1.165) is 31.5 Å². The molecule has 0 atom stereocenters. The van der Waals surface area contributed by atoms with Crippen molar-refractivity contribution < 1.29 is 18.3 Å². The van der Waals surface area contributed by atoms with Gasteiger partial charge in [0, 0.05) is 13.1 Å². The van der Waals surface area contributed by atoms with Gasteiger partial charge in [-0.15, -0.1) is 0 Å². The summed E-state index contributed by atoms with van der Waals surface area (Å²) in [7, 11) is -3.84. The average molecular weight is 418 g/mol. The number of carboxylic acids is 1. The highest BCUT2D eigenvalue weighted by Gasteiger charge is 2.23.